The Morgan fingerprint density at radius 2 is 2.44 bits per heavy atom. The van der Waals surface area contributed by atoms with E-state index in [0.717, 1.165) is 11.4 Å². The van der Waals surface area contributed by atoms with Gasteiger partial charge in [-0.25, -0.2) is 4.98 Å². The van der Waals surface area contributed by atoms with Crippen molar-refractivity contribution in [1.29, 1.82) is 0 Å². The van der Waals surface area contributed by atoms with Crippen molar-refractivity contribution >= 4 is 29.2 Å². The maximum absolute atomic E-state index is 5.80. The highest BCUT2D eigenvalue weighted by molar-refractivity contribution is 7.99. The highest BCUT2D eigenvalue weighted by Gasteiger charge is 2.22. The summed E-state index contributed by atoms with van der Waals surface area (Å²) in [6.07, 6.45) is 3.15. The number of pyridine rings is 1. The van der Waals surface area contributed by atoms with Crippen LogP contribution in [-0.2, 0) is 5.88 Å². The van der Waals surface area contributed by atoms with E-state index in [-0.39, 0.29) is 0 Å². The van der Waals surface area contributed by atoms with Crippen LogP contribution in [0.2, 0.25) is 0 Å². The van der Waals surface area contributed by atoms with Gasteiger partial charge in [0.25, 0.3) is 0 Å². The number of thioether (sulfide) groups is 1. The van der Waals surface area contributed by atoms with Crippen LogP contribution in [0.1, 0.15) is 17.5 Å². The number of halogens is 1. The zero-order valence-corrected chi connectivity index (χ0v) is 11.3. The Morgan fingerprint density at radius 3 is 3.00 bits per heavy atom. The molecular formula is C12H17ClN2S. The number of nitrogens with zero attached hydrogens (tertiary/aromatic N) is 2. The van der Waals surface area contributed by atoms with E-state index in [1.165, 1.54) is 23.5 Å². The largest absolute Gasteiger partial charge is 0.356 e. The highest BCUT2D eigenvalue weighted by atomic mass is 35.5. The fourth-order valence-electron chi connectivity index (χ4n) is 2.07. The zero-order valence-electron chi connectivity index (χ0n) is 9.74. The van der Waals surface area contributed by atoms with E-state index < -0.39 is 0 Å². The Labute approximate surface area is 106 Å². The molecule has 1 aromatic heterocycles. The van der Waals surface area contributed by atoms with E-state index in [1.807, 2.05) is 18.0 Å². The molecule has 1 aliphatic rings. The quantitative estimate of drug-likeness (QED) is 0.774. The normalized spacial score (nSPS) is 20.1. The number of aryl methyl sites for hydroxylation is 1. The Kier molecular flexibility index (Phi) is 3.98. The minimum atomic E-state index is 0.539. The van der Waals surface area contributed by atoms with Gasteiger partial charge in [0.2, 0.25) is 0 Å². The molecule has 1 saturated heterocycles. The maximum Gasteiger partial charge on any atom is 0.131 e. The molecule has 0 saturated carbocycles. The lowest BCUT2D eigenvalue weighted by molar-refractivity contribution is 0.689. The van der Waals surface area contributed by atoms with Crippen molar-refractivity contribution in [2.24, 2.45) is 0 Å². The third kappa shape index (κ3) is 2.46. The highest BCUT2D eigenvalue weighted by Crippen LogP contribution is 2.26. The molecule has 2 rings (SSSR count). The van der Waals surface area contributed by atoms with Gasteiger partial charge in [0.15, 0.2) is 0 Å². The van der Waals surface area contributed by atoms with Gasteiger partial charge in [-0.1, -0.05) is 0 Å². The molecular weight excluding hydrogens is 240 g/mol. The van der Waals surface area contributed by atoms with Gasteiger partial charge in [-0.05, 0) is 36.3 Å². The fraction of sp³-hybridized carbons (Fsp3) is 0.583. The smallest absolute Gasteiger partial charge is 0.131 e. The first-order chi connectivity index (χ1) is 7.72. The Hall–Kier alpha value is -0.410. The van der Waals surface area contributed by atoms with Crippen LogP contribution in [0.3, 0.4) is 0 Å². The summed E-state index contributed by atoms with van der Waals surface area (Å²) in [5.41, 5.74) is 2.31. The first kappa shape index (κ1) is 12.1. The van der Waals surface area contributed by atoms with Crippen LogP contribution in [0.25, 0.3) is 0 Å². The van der Waals surface area contributed by atoms with Crippen molar-refractivity contribution in [3.63, 3.8) is 0 Å². The predicted molar refractivity (Wildman–Crippen MR) is 72.7 cm³/mol. The van der Waals surface area contributed by atoms with Gasteiger partial charge < -0.3 is 4.90 Å². The van der Waals surface area contributed by atoms with Crippen LogP contribution in [0.5, 0.6) is 0 Å². The molecule has 1 fully saturated rings. The molecule has 1 aliphatic heterocycles. The fourth-order valence-corrected chi connectivity index (χ4v) is 3.48. The topological polar surface area (TPSA) is 16.1 Å². The van der Waals surface area contributed by atoms with Gasteiger partial charge in [0.05, 0.1) is 0 Å². The molecule has 1 atom stereocenters. The standard InChI is InChI=1S/C12H17ClN2S/c1-9-5-10(6-13)7-14-12(9)15(2)11-3-4-16-8-11/h5,7,11H,3-4,6,8H2,1-2H3. The maximum atomic E-state index is 5.80. The van der Waals surface area contributed by atoms with Gasteiger partial charge in [0, 0.05) is 30.9 Å². The van der Waals surface area contributed by atoms with Crippen molar-refractivity contribution in [3.8, 4) is 0 Å². The monoisotopic (exact) mass is 256 g/mol. The minimum absolute atomic E-state index is 0.539. The van der Waals surface area contributed by atoms with Crippen LogP contribution >= 0.6 is 23.4 Å². The van der Waals surface area contributed by atoms with E-state index in [9.17, 15) is 0 Å². The summed E-state index contributed by atoms with van der Waals surface area (Å²) in [7, 11) is 2.15. The Bertz CT molecular complexity index is 364. The molecule has 16 heavy (non-hydrogen) atoms. The van der Waals surface area contributed by atoms with E-state index in [2.05, 4.69) is 29.9 Å². The molecule has 0 radical (unpaired) electrons. The van der Waals surface area contributed by atoms with Gasteiger partial charge >= 0.3 is 0 Å². The number of alkyl halides is 1. The van der Waals surface area contributed by atoms with Crippen molar-refractivity contribution in [2.75, 3.05) is 23.5 Å². The van der Waals surface area contributed by atoms with E-state index >= 15 is 0 Å². The third-order valence-corrected chi connectivity index (χ3v) is 4.50. The van der Waals surface area contributed by atoms with Crippen LogP contribution in [0.15, 0.2) is 12.3 Å². The van der Waals surface area contributed by atoms with Crippen molar-refractivity contribution < 1.29 is 0 Å². The molecule has 0 aromatic carbocycles. The molecule has 0 bridgehead atoms. The molecule has 1 aromatic rings. The first-order valence-corrected chi connectivity index (χ1v) is 7.23. The summed E-state index contributed by atoms with van der Waals surface area (Å²) in [5, 5.41) is 0. The Morgan fingerprint density at radius 1 is 1.62 bits per heavy atom. The van der Waals surface area contributed by atoms with Crippen molar-refractivity contribution in [3.05, 3.63) is 23.4 Å². The van der Waals surface area contributed by atoms with Gasteiger partial charge in [-0.2, -0.15) is 11.8 Å². The lowest BCUT2D eigenvalue weighted by atomic mass is 10.1. The second-order valence-electron chi connectivity index (χ2n) is 4.25. The molecule has 1 unspecified atom stereocenters. The molecule has 2 nitrogen and oxygen atoms in total. The zero-order chi connectivity index (χ0) is 11.5. The van der Waals surface area contributed by atoms with Gasteiger partial charge in [0.1, 0.15) is 5.82 Å². The van der Waals surface area contributed by atoms with Gasteiger partial charge in [-0.15, -0.1) is 11.6 Å². The molecule has 88 valence electrons. The lowest BCUT2D eigenvalue weighted by Crippen LogP contribution is -2.32. The van der Waals surface area contributed by atoms with Crippen LogP contribution in [0, 0.1) is 6.92 Å². The lowest BCUT2D eigenvalue weighted by Gasteiger charge is -2.26. The third-order valence-electron chi connectivity index (χ3n) is 3.05. The van der Waals surface area contributed by atoms with E-state index in [4.69, 9.17) is 11.6 Å². The molecule has 2 heterocycles. The van der Waals surface area contributed by atoms with Crippen molar-refractivity contribution in [2.45, 2.75) is 25.3 Å². The summed E-state index contributed by atoms with van der Waals surface area (Å²) in [5.74, 6) is 4.13. The summed E-state index contributed by atoms with van der Waals surface area (Å²) in [6.45, 7) is 2.11. The number of hydrogen-bond donors (Lipinski definition) is 0. The summed E-state index contributed by atoms with van der Waals surface area (Å²) < 4.78 is 0. The summed E-state index contributed by atoms with van der Waals surface area (Å²) in [6, 6.07) is 2.77. The summed E-state index contributed by atoms with van der Waals surface area (Å²) in [4.78, 5) is 6.84. The number of rotatable bonds is 3. The SMILES string of the molecule is Cc1cc(CCl)cnc1N(C)C1CCSC1. The number of aromatic nitrogens is 1. The molecule has 0 amide bonds. The molecule has 4 heteroatoms. The Balaban J connectivity index is 2.19. The summed E-state index contributed by atoms with van der Waals surface area (Å²) >= 11 is 7.83. The molecule has 0 spiro atoms. The molecule has 0 aliphatic carbocycles. The number of anilines is 1. The van der Waals surface area contributed by atoms with E-state index in [0.29, 0.717) is 11.9 Å². The molecule has 0 N–H and O–H groups in total. The predicted octanol–water partition coefficient (Wildman–Crippen LogP) is 3.07. The average Bonchev–Trinajstić information content (AvgIpc) is 2.81. The minimum Gasteiger partial charge on any atom is -0.356 e. The van der Waals surface area contributed by atoms with Crippen LogP contribution in [0.4, 0.5) is 5.82 Å². The average molecular weight is 257 g/mol. The van der Waals surface area contributed by atoms with Crippen LogP contribution < -0.4 is 4.90 Å². The van der Waals surface area contributed by atoms with E-state index in [1.54, 1.807) is 0 Å². The second-order valence-corrected chi connectivity index (χ2v) is 5.66. The second kappa shape index (κ2) is 5.28. The van der Waals surface area contributed by atoms with Gasteiger partial charge in [-0.3, -0.25) is 0 Å². The van der Waals surface area contributed by atoms with Crippen LogP contribution in [-0.4, -0.2) is 29.6 Å². The van der Waals surface area contributed by atoms with Crippen molar-refractivity contribution in [1.82, 2.24) is 4.98 Å². The number of hydrogen-bond acceptors (Lipinski definition) is 3. The first-order valence-electron chi connectivity index (χ1n) is 5.54.